The van der Waals surface area contributed by atoms with E-state index in [1.165, 1.54) is 12.8 Å². The summed E-state index contributed by atoms with van der Waals surface area (Å²) in [5.41, 5.74) is 0. The molecule has 1 fully saturated rings. The van der Waals surface area contributed by atoms with Crippen LogP contribution in [0.1, 0.15) is 12.8 Å². The van der Waals surface area contributed by atoms with Gasteiger partial charge in [-0.1, -0.05) is 0 Å². The van der Waals surface area contributed by atoms with Gasteiger partial charge < -0.3 is 10.0 Å². The molecule has 1 aliphatic rings. The maximum Gasteiger partial charge on any atom is 0.320 e. The van der Waals surface area contributed by atoms with E-state index in [1.807, 2.05) is 7.05 Å². The van der Waals surface area contributed by atoms with E-state index in [0.717, 1.165) is 0 Å². The number of rotatable bonds is 7. The Morgan fingerprint density at radius 1 is 1.53 bits per heavy atom. The summed E-state index contributed by atoms with van der Waals surface area (Å²) in [6.45, 7) is 0.881. The second-order valence-corrected chi connectivity index (χ2v) is 5.57. The van der Waals surface area contributed by atoms with Crippen molar-refractivity contribution in [1.29, 1.82) is 0 Å². The van der Waals surface area contributed by atoms with Crippen LogP contribution in [0, 0.1) is 0 Å². The van der Waals surface area contributed by atoms with E-state index in [-0.39, 0.29) is 6.54 Å². The topological polar surface area (TPSA) is 86.7 Å². The number of carbonyl (C=O) groups is 1. The standard InChI is InChI=1S/C8H16N2O4S/c1-10(7-2-3-7)5-4-9-15(13,14)6-8(11)12/h7,9H,2-6H2,1H3,(H,11,12). The lowest BCUT2D eigenvalue weighted by molar-refractivity contribution is -0.134. The molecular weight excluding hydrogens is 220 g/mol. The monoisotopic (exact) mass is 236 g/mol. The lowest BCUT2D eigenvalue weighted by Crippen LogP contribution is -2.36. The number of likely N-dealkylation sites (N-methyl/N-ethyl adjacent to an activating group) is 1. The van der Waals surface area contributed by atoms with E-state index < -0.39 is 21.7 Å². The van der Waals surface area contributed by atoms with Crippen molar-refractivity contribution in [3.63, 3.8) is 0 Å². The molecule has 7 heteroatoms. The Morgan fingerprint density at radius 2 is 2.13 bits per heavy atom. The molecule has 6 nitrogen and oxygen atoms in total. The Kier molecular flexibility index (Phi) is 4.06. The summed E-state index contributed by atoms with van der Waals surface area (Å²) in [6.07, 6.45) is 2.33. The fourth-order valence-electron chi connectivity index (χ4n) is 1.29. The summed E-state index contributed by atoms with van der Waals surface area (Å²) in [7, 11) is -1.72. The number of hydrogen-bond acceptors (Lipinski definition) is 4. The molecule has 2 N–H and O–H groups in total. The minimum Gasteiger partial charge on any atom is -0.480 e. The summed E-state index contributed by atoms with van der Waals surface area (Å²) in [6, 6.07) is 0.578. The van der Waals surface area contributed by atoms with E-state index in [4.69, 9.17) is 5.11 Å². The highest BCUT2D eigenvalue weighted by molar-refractivity contribution is 7.90. The molecule has 0 saturated heterocycles. The first kappa shape index (κ1) is 12.4. The van der Waals surface area contributed by atoms with Gasteiger partial charge in [-0.15, -0.1) is 0 Å². The van der Waals surface area contributed by atoms with Crippen molar-refractivity contribution in [1.82, 2.24) is 9.62 Å². The van der Waals surface area contributed by atoms with Gasteiger partial charge >= 0.3 is 5.97 Å². The maximum absolute atomic E-state index is 11.1. The number of nitrogens with zero attached hydrogens (tertiary/aromatic N) is 1. The third-order valence-corrected chi connectivity index (χ3v) is 3.54. The zero-order valence-corrected chi connectivity index (χ0v) is 9.46. The van der Waals surface area contributed by atoms with Gasteiger partial charge in [0.2, 0.25) is 10.0 Å². The van der Waals surface area contributed by atoms with Crippen LogP contribution in [-0.2, 0) is 14.8 Å². The average molecular weight is 236 g/mol. The second kappa shape index (κ2) is 4.91. The number of nitrogens with one attached hydrogen (secondary N) is 1. The Morgan fingerprint density at radius 3 is 2.60 bits per heavy atom. The summed E-state index contributed by atoms with van der Waals surface area (Å²) in [5, 5.41) is 8.33. The molecule has 1 saturated carbocycles. The van der Waals surface area contributed by atoms with Crippen molar-refractivity contribution in [2.75, 3.05) is 25.9 Å². The van der Waals surface area contributed by atoms with Gasteiger partial charge in [-0.25, -0.2) is 13.1 Å². The minimum absolute atomic E-state index is 0.266. The summed E-state index contributed by atoms with van der Waals surface area (Å²) < 4.78 is 24.4. The Labute approximate surface area is 89.3 Å². The fraction of sp³-hybridized carbons (Fsp3) is 0.875. The molecule has 0 radical (unpaired) electrons. The first-order chi connectivity index (χ1) is 6.91. The summed E-state index contributed by atoms with van der Waals surface area (Å²) in [4.78, 5) is 12.3. The number of carboxylic acid groups (broad SMARTS) is 1. The predicted octanol–water partition coefficient (Wildman–Crippen LogP) is -0.915. The van der Waals surface area contributed by atoms with Gasteiger partial charge in [0.1, 0.15) is 0 Å². The molecule has 0 aliphatic heterocycles. The zero-order valence-electron chi connectivity index (χ0n) is 8.64. The molecule has 0 amide bonds. The molecule has 0 unspecified atom stereocenters. The molecule has 0 spiro atoms. The van der Waals surface area contributed by atoms with Crippen molar-refractivity contribution < 1.29 is 18.3 Å². The summed E-state index contributed by atoms with van der Waals surface area (Å²) >= 11 is 0. The molecule has 1 aliphatic carbocycles. The molecule has 0 aromatic heterocycles. The maximum atomic E-state index is 11.1. The third-order valence-electron chi connectivity index (χ3n) is 2.27. The predicted molar refractivity (Wildman–Crippen MR) is 55.1 cm³/mol. The van der Waals surface area contributed by atoms with Gasteiger partial charge in [-0.05, 0) is 19.9 Å². The fourth-order valence-corrected chi connectivity index (χ4v) is 2.12. The molecular formula is C8H16N2O4S. The largest absolute Gasteiger partial charge is 0.480 e. The van der Waals surface area contributed by atoms with Crippen LogP contribution in [0.5, 0.6) is 0 Å². The Hall–Kier alpha value is -0.660. The van der Waals surface area contributed by atoms with Crippen LogP contribution >= 0.6 is 0 Å². The van der Waals surface area contributed by atoms with Crippen LogP contribution in [0.15, 0.2) is 0 Å². The highest BCUT2D eigenvalue weighted by Gasteiger charge is 2.25. The molecule has 88 valence electrons. The highest BCUT2D eigenvalue weighted by Crippen LogP contribution is 2.24. The van der Waals surface area contributed by atoms with E-state index in [0.29, 0.717) is 12.6 Å². The van der Waals surface area contributed by atoms with Crippen LogP contribution in [-0.4, -0.2) is 56.3 Å². The molecule has 0 aromatic rings. The molecule has 0 heterocycles. The molecule has 15 heavy (non-hydrogen) atoms. The Balaban J connectivity index is 2.20. The molecule has 0 aromatic carbocycles. The SMILES string of the molecule is CN(CCNS(=O)(=O)CC(=O)O)C1CC1. The summed E-state index contributed by atoms with van der Waals surface area (Å²) in [5.74, 6) is -2.20. The van der Waals surface area contributed by atoms with Crippen LogP contribution in [0.2, 0.25) is 0 Å². The van der Waals surface area contributed by atoms with Crippen molar-refractivity contribution in [2.24, 2.45) is 0 Å². The van der Waals surface area contributed by atoms with Crippen LogP contribution in [0.25, 0.3) is 0 Å². The van der Waals surface area contributed by atoms with Crippen LogP contribution in [0.4, 0.5) is 0 Å². The van der Waals surface area contributed by atoms with Crippen LogP contribution < -0.4 is 4.72 Å². The van der Waals surface area contributed by atoms with Gasteiger partial charge in [0.25, 0.3) is 0 Å². The lowest BCUT2D eigenvalue weighted by atomic mass is 10.5. The smallest absolute Gasteiger partial charge is 0.320 e. The molecule has 0 atom stereocenters. The molecule has 0 bridgehead atoms. The number of hydrogen-bond donors (Lipinski definition) is 2. The van der Waals surface area contributed by atoms with E-state index in [2.05, 4.69) is 9.62 Å². The van der Waals surface area contributed by atoms with Gasteiger partial charge in [0.05, 0.1) is 0 Å². The number of aliphatic carboxylic acids is 1. The van der Waals surface area contributed by atoms with E-state index in [9.17, 15) is 13.2 Å². The van der Waals surface area contributed by atoms with Crippen LogP contribution in [0.3, 0.4) is 0 Å². The van der Waals surface area contributed by atoms with Crippen molar-refractivity contribution in [3.8, 4) is 0 Å². The minimum atomic E-state index is -3.66. The van der Waals surface area contributed by atoms with Gasteiger partial charge in [-0.3, -0.25) is 4.79 Å². The van der Waals surface area contributed by atoms with Crippen molar-refractivity contribution >= 4 is 16.0 Å². The van der Waals surface area contributed by atoms with Crippen molar-refractivity contribution in [3.05, 3.63) is 0 Å². The lowest BCUT2D eigenvalue weighted by Gasteiger charge is -2.15. The average Bonchev–Trinajstić information content (AvgIpc) is 2.82. The second-order valence-electron chi connectivity index (χ2n) is 3.76. The van der Waals surface area contributed by atoms with E-state index >= 15 is 0 Å². The van der Waals surface area contributed by atoms with Gasteiger partial charge in [0, 0.05) is 19.1 Å². The normalized spacial score (nSPS) is 16.9. The quantitative estimate of drug-likeness (QED) is 0.597. The highest BCUT2D eigenvalue weighted by atomic mass is 32.2. The Bertz CT molecular complexity index is 324. The first-order valence-electron chi connectivity index (χ1n) is 4.80. The zero-order chi connectivity index (χ0) is 11.5. The van der Waals surface area contributed by atoms with Gasteiger partial charge in [0.15, 0.2) is 5.75 Å². The van der Waals surface area contributed by atoms with Gasteiger partial charge in [-0.2, -0.15) is 0 Å². The number of sulfonamides is 1. The number of carboxylic acids is 1. The molecule has 1 rings (SSSR count). The van der Waals surface area contributed by atoms with Crippen molar-refractivity contribution in [2.45, 2.75) is 18.9 Å². The third kappa shape index (κ3) is 5.10. The first-order valence-corrected chi connectivity index (χ1v) is 6.45. The van der Waals surface area contributed by atoms with E-state index in [1.54, 1.807) is 0 Å².